The lowest BCUT2D eigenvalue weighted by Crippen LogP contribution is -2.30. The van der Waals surface area contributed by atoms with E-state index in [1.807, 2.05) is 0 Å². The number of ether oxygens (including phenoxy) is 3. The Kier molecular flexibility index (Phi) is 69.6. The van der Waals surface area contributed by atoms with Crippen molar-refractivity contribution in [3.63, 3.8) is 0 Å². The van der Waals surface area contributed by atoms with Crippen molar-refractivity contribution in [2.75, 3.05) is 39.6 Å². The number of hydrogen-bond acceptors (Lipinski definition) is 14. The zero-order valence-corrected chi connectivity index (χ0v) is 63.0. The maximum Gasteiger partial charge on any atom is 0.472 e. The highest BCUT2D eigenvalue weighted by Crippen LogP contribution is 2.45. The number of phosphoric acid groups is 2. The summed E-state index contributed by atoms with van der Waals surface area (Å²) < 4.78 is 61.1. The summed E-state index contributed by atoms with van der Waals surface area (Å²) in [4.78, 5) is 58.5. The molecule has 0 aromatic carbocycles. The quantitative estimate of drug-likeness (QED) is 0.0146. The van der Waals surface area contributed by atoms with Gasteiger partial charge < -0.3 is 34.2 Å². The first-order valence-electron chi connectivity index (χ1n) is 38.5. The Morgan fingerprint density at radius 1 is 0.299 bits per heavy atom. The molecule has 16 nitrogen and oxygen atoms in total. The van der Waals surface area contributed by atoms with Crippen LogP contribution in [0.25, 0.3) is 0 Å². The van der Waals surface area contributed by atoms with Gasteiger partial charge in [-0.1, -0.05) is 304 Å². The summed E-state index contributed by atoms with van der Waals surface area (Å²) in [5.41, 5.74) is 0. The molecule has 18 heteroatoms. The monoisotopic (exact) mass is 1410 g/mol. The molecule has 5 atom stereocenters. The number of aliphatic hydroxyl groups excluding tert-OH is 2. The third-order valence-corrected chi connectivity index (χ3v) is 18.2. The van der Waals surface area contributed by atoms with E-state index in [-0.39, 0.29) is 19.3 Å². The summed E-state index contributed by atoms with van der Waals surface area (Å²) in [6, 6.07) is 0. The Bertz CT molecular complexity index is 2150. The van der Waals surface area contributed by atoms with Crippen molar-refractivity contribution in [1.82, 2.24) is 0 Å². The number of carbonyl (C=O) groups excluding carboxylic acids is 3. The number of aliphatic hydroxyl groups is 2. The minimum absolute atomic E-state index is 0.102. The second kappa shape index (κ2) is 72.3. The summed E-state index contributed by atoms with van der Waals surface area (Å²) in [6.45, 7) is 2.54. The normalized spacial score (nSPS) is 14.6. The Hall–Kier alpha value is -3.53. The van der Waals surface area contributed by atoms with Crippen LogP contribution in [0.15, 0.2) is 97.2 Å². The molecule has 0 spiro atoms. The van der Waals surface area contributed by atoms with Crippen LogP contribution in [0.5, 0.6) is 0 Å². The molecule has 0 aliphatic rings. The molecule has 0 aliphatic carbocycles. The van der Waals surface area contributed by atoms with Crippen LogP contribution < -0.4 is 0 Å². The Morgan fingerprint density at radius 2 is 0.546 bits per heavy atom. The van der Waals surface area contributed by atoms with Gasteiger partial charge in [0.25, 0.3) is 0 Å². The Labute approximate surface area is 590 Å². The van der Waals surface area contributed by atoms with Crippen LogP contribution in [0.2, 0.25) is 0 Å². The van der Waals surface area contributed by atoms with E-state index in [0.29, 0.717) is 19.3 Å². The fourth-order valence-electron chi connectivity index (χ4n) is 10.4. The molecule has 0 aromatic heterocycles. The maximum absolute atomic E-state index is 12.9. The molecule has 0 bridgehead atoms. The van der Waals surface area contributed by atoms with Crippen LogP contribution in [0.1, 0.15) is 329 Å². The van der Waals surface area contributed by atoms with E-state index in [1.165, 1.54) is 148 Å². The maximum atomic E-state index is 12.9. The number of hydrogen-bond donors (Lipinski definition) is 4. The molecule has 97 heavy (non-hydrogen) atoms. The summed E-state index contributed by atoms with van der Waals surface area (Å²) in [5, 5.41) is 20.6. The second-order valence-electron chi connectivity index (χ2n) is 25.8. The Morgan fingerprint density at radius 3 is 0.887 bits per heavy atom. The highest BCUT2D eigenvalue weighted by molar-refractivity contribution is 7.47. The number of unbranched alkanes of at least 4 members (excludes halogenated alkanes) is 34. The zero-order valence-electron chi connectivity index (χ0n) is 61.2. The number of rotatable bonds is 73. The summed E-state index contributed by atoms with van der Waals surface area (Å²) in [6.07, 6.45) is 81.7. The molecule has 0 radical (unpaired) electrons. The van der Waals surface area contributed by atoms with Crippen LogP contribution in [0.4, 0.5) is 0 Å². The van der Waals surface area contributed by atoms with Crippen LogP contribution in [-0.2, 0) is 55.8 Å². The van der Waals surface area contributed by atoms with Gasteiger partial charge in [0.1, 0.15) is 25.4 Å². The van der Waals surface area contributed by atoms with Gasteiger partial charge in [-0.2, -0.15) is 0 Å². The van der Waals surface area contributed by atoms with E-state index in [1.54, 1.807) is 0 Å². The minimum Gasteiger partial charge on any atom is -0.463 e. The van der Waals surface area contributed by atoms with Gasteiger partial charge in [-0.25, -0.2) is 9.13 Å². The lowest BCUT2D eigenvalue weighted by atomic mass is 10.0. The number of allylic oxidation sites excluding steroid dienone is 16. The van der Waals surface area contributed by atoms with Gasteiger partial charge in [-0.15, -0.1) is 0 Å². The first-order chi connectivity index (χ1) is 47.2. The standard InChI is InChI=1S/C79H140O16P2/c1-4-7-10-13-16-19-22-25-28-30-31-32-33-34-35-36-37-38-39-40-41-43-46-47-50-53-56-59-62-65-77(82)89-68-74(80)69-91-96(85,86)92-70-75(81)71-93-97(87,88)94-73-76(95-79(84)67-64-61-58-55-52-49-44-27-24-21-18-15-12-9-6-3)72-90-78(83)66-63-60-57-54-51-48-45-42-29-26-23-20-17-14-11-8-5-2/h8,11,16-17,19-20,25-26,28-29,31-32,34-35,45,48,74-76,80-81H,4-7,9-10,12-15,18,21-24,27,30,33,36-44,46-47,49-73H2,1-3H3,(H,85,86)(H,87,88)/b11-8-,19-16-,20-17-,28-25-,29-26-,32-31-,35-34-,48-45-. The molecular formula is C79H140O16P2. The lowest BCUT2D eigenvalue weighted by molar-refractivity contribution is -0.161. The topological polar surface area (TPSA) is 231 Å². The first-order valence-corrected chi connectivity index (χ1v) is 41.5. The molecule has 0 aromatic rings. The minimum atomic E-state index is -4.93. The predicted molar refractivity (Wildman–Crippen MR) is 399 cm³/mol. The van der Waals surface area contributed by atoms with Gasteiger partial charge in [0.2, 0.25) is 0 Å². The van der Waals surface area contributed by atoms with Crippen LogP contribution in [0.3, 0.4) is 0 Å². The number of esters is 3. The van der Waals surface area contributed by atoms with E-state index in [0.717, 1.165) is 122 Å². The molecule has 0 amide bonds. The summed E-state index contributed by atoms with van der Waals surface area (Å²) in [7, 11) is -9.78. The van der Waals surface area contributed by atoms with Gasteiger partial charge in [-0.3, -0.25) is 32.5 Å². The van der Waals surface area contributed by atoms with Crippen molar-refractivity contribution in [2.45, 2.75) is 347 Å². The lowest BCUT2D eigenvalue weighted by Gasteiger charge is -2.21. The van der Waals surface area contributed by atoms with Gasteiger partial charge >= 0.3 is 33.6 Å². The molecule has 4 N–H and O–H groups in total. The Balaban J connectivity index is 4.49. The van der Waals surface area contributed by atoms with Gasteiger partial charge in [0, 0.05) is 19.3 Å². The summed E-state index contributed by atoms with van der Waals surface area (Å²) >= 11 is 0. The fourth-order valence-corrected chi connectivity index (χ4v) is 12.0. The number of carbonyl (C=O) groups is 3. The third kappa shape index (κ3) is 73.5. The average molecular weight is 1410 g/mol. The van der Waals surface area contributed by atoms with E-state index in [4.69, 9.17) is 32.3 Å². The van der Waals surface area contributed by atoms with Crippen LogP contribution in [0, 0.1) is 0 Å². The number of phosphoric ester groups is 2. The van der Waals surface area contributed by atoms with E-state index < -0.39 is 91.5 Å². The smallest absolute Gasteiger partial charge is 0.463 e. The van der Waals surface area contributed by atoms with Crippen molar-refractivity contribution in [3.8, 4) is 0 Å². The molecule has 0 aliphatic heterocycles. The molecule has 0 fully saturated rings. The molecule has 562 valence electrons. The van der Waals surface area contributed by atoms with E-state index in [2.05, 4.69) is 118 Å². The predicted octanol–water partition coefficient (Wildman–Crippen LogP) is 22.2. The third-order valence-electron chi connectivity index (χ3n) is 16.3. The van der Waals surface area contributed by atoms with E-state index in [9.17, 15) is 43.5 Å². The van der Waals surface area contributed by atoms with Gasteiger partial charge in [0.05, 0.1) is 26.4 Å². The molecular weight excluding hydrogens is 1270 g/mol. The van der Waals surface area contributed by atoms with Crippen molar-refractivity contribution < 1.29 is 75.8 Å². The summed E-state index contributed by atoms with van der Waals surface area (Å²) in [5.74, 6) is -1.59. The molecule has 0 rings (SSSR count). The fraction of sp³-hybridized carbons (Fsp3) is 0.759. The van der Waals surface area contributed by atoms with Crippen LogP contribution in [-0.4, -0.2) is 95.9 Å². The van der Waals surface area contributed by atoms with Crippen molar-refractivity contribution in [3.05, 3.63) is 97.2 Å². The highest BCUT2D eigenvalue weighted by atomic mass is 31.2. The molecule has 5 unspecified atom stereocenters. The van der Waals surface area contributed by atoms with E-state index >= 15 is 0 Å². The largest absolute Gasteiger partial charge is 0.472 e. The zero-order chi connectivity index (χ0) is 70.9. The molecule has 0 heterocycles. The first kappa shape index (κ1) is 93.5. The van der Waals surface area contributed by atoms with Crippen molar-refractivity contribution >= 4 is 33.6 Å². The highest BCUT2D eigenvalue weighted by Gasteiger charge is 2.29. The second-order valence-corrected chi connectivity index (χ2v) is 28.7. The van der Waals surface area contributed by atoms with Gasteiger partial charge in [-0.05, 0) is 103 Å². The van der Waals surface area contributed by atoms with Crippen LogP contribution >= 0.6 is 15.6 Å². The average Bonchev–Trinajstić information content (AvgIpc) is 1.63. The molecule has 0 saturated heterocycles. The van der Waals surface area contributed by atoms with Crippen molar-refractivity contribution in [1.29, 1.82) is 0 Å². The van der Waals surface area contributed by atoms with Crippen molar-refractivity contribution in [2.24, 2.45) is 0 Å². The SMILES string of the molecule is CC/C=C\C/C=C\C/C=C\C/C=C\CCCCCCC(=O)OCC(COP(=O)(O)OCC(O)COP(=O)(O)OCC(O)COC(=O)CCCCCCCCCCCCCCC/C=C\C/C=C\C/C=C\C/C=C\CCCCC)OC(=O)CCCCCCCCCCCCCCCCC. The molecule has 0 saturated carbocycles. The van der Waals surface area contributed by atoms with Gasteiger partial charge in [0.15, 0.2) is 6.10 Å².